The van der Waals surface area contributed by atoms with E-state index in [1.54, 1.807) is 19.1 Å². The summed E-state index contributed by atoms with van der Waals surface area (Å²) in [5.74, 6) is -0.508. The number of aromatic nitrogens is 1. The lowest BCUT2D eigenvalue weighted by Gasteiger charge is -2.29. The highest BCUT2D eigenvalue weighted by Gasteiger charge is 2.29. The third kappa shape index (κ3) is 5.11. The molecule has 0 saturated heterocycles. The van der Waals surface area contributed by atoms with Gasteiger partial charge in [-0.05, 0) is 37.6 Å². The molecular formula is C27H30ClN3O4. The third-order valence-electron chi connectivity index (χ3n) is 6.43. The molecule has 1 atom stereocenters. The monoisotopic (exact) mass is 495 g/mol. The van der Waals surface area contributed by atoms with Crippen molar-refractivity contribution in [2.75, 3.05) is 25.5 Å². The number of fused-ring (bicyclic) bond motifs is 2. The van der Waals surface area contributed by atoms with E-state index in [9.17, 15) is 9.59 Å². The number of para-hydroxylation sites is 1. The molecule has 1 unspecified atom stereocenters. The summed E-state index contributed by atoms with van der Waals surface area (Å²) in [5.41, 5.74) is 4.31. The van der Waals surface area contributed by atoms with Crippen LogP contribution in [-0.2, 0) is 22.5 Å². The lowest BCUT2D eigenvalue weighted by Crippen LogP contribution is -2.35. The van der Waals surface area contributed by atoms with Crippen LogP contribution in [0.1, 0.15) is 47.4 Å². The summed E-state index contributed by atoms with van der Waals surface area (Å²) in [4.78, 5) is 33.8. The van der Waals surface area contributed by atoms with Crippen molar-refractivity contribution >= 4 is 40.1 Å². The van der Waals surface area contributed by atoms with Crippen LogP contribution in [0, 0.1) is 6.92 Å². The van der Waals surface area contributed by atoms with Gasteiger partial charge in [0.25, 0.3) is 5.91 Å². The molecule has 0 aliphatic carbocycles. The number of carbonyl (C=O) groups excluding carboxylic acids is 2. The highest BCUT2D eigenvalue weighted by atomic mass is 35.5. The van der Waals surface area contributed by atoms with Crippen LogP contribution in [-0.4, -0.2) is 48.1 Å². The Hall–Kier alpha value is -3.16. The van der Waals surface area contributed by atoms with Crippen LogP contribution in [0.4, 0.5) is 5.69 Å². The number of carbonyl (C=O) groups is 2. The Morgan fingerprint density at radius 2 is 2.00 bits per heavy atom. The Kier molecular flexibility index (Phi) is 7.57. The van der Waals surface area contributed by atoms with E-state index in [-0.39, 0.29) is 0 Å². The number of halogens is 1. The van der Waals surface area contributed by atoms with Crippen molar-refractivity contribution in [1.82, 2.24) is 9.88 Å². The van der Waals surface area contributed by atoms with E-state index in [0.29, 0.717) is 35.0 Å². The van der Waals surface area contributed by atoms with Crippen molar-refractivity contribution in [3.05, 3.63) is 63.8 Å². The molecule has 2 aromatic carbocycles. The first-order valence-corrected chi connectivity index (χ1v) is 12.2. The maximum atomic E-state index is 13.6. The Bertz CT molecular complexity index is 1280. The largest absolute Gasteiger partial charge is 0.495 e. The number of nitrogens with zero attached hydrogens (tertiary/aromatic N) is 2. The van der Waals surface area contributed by atoms with Crippen molar-refractivity contribution in [3.63, 3.8) is 0 Å². The number of likely N-dealkylation sites (N-methyl/N-ethyl adjacent to an activating group) is 1. The van der Waals surface area contributed by atoms with Gasteiger partial charge in [0, 0.05) is 47.2 Å². The highest BCUT2D eigenvalue weighted by molar-refractivity contribution is 6.31. The van der Waals surface area contributed by atoms with Gasteiger partial charge < -0.3 is 14.8 Å². The second-order valence-electron chi connectivity index (χ2n) is 8.64. The fraction of sp³-hybridized carbons (Fsp3) is 0.370. The lowest BCUT2D eigenvalue weighted by molar-refractivity contribution is -0.124. The Labute approximate surface area is 210 Å². The fourth-order valence-electron chi connectivity index (χ4n) is 4.40. The zero-order valence-electron chi connectivity index (χ0n) is 20.5. The molecule has 1 aliphatic heterocycles. The maximum Gasteiger partial charge on any atom is 0.340 e. The van der Waals surface area contributed by atoms with Gasteiger partial charge in [0.1, 0.15) is 5.75 Å². The SMILES string of the molecule is CCC(OC(=O)c1c2c(nc3ccccc13)CCN(CC)C2)C(=O)Nc1cc(C)c(Cl)cc1OC. The van der Waals surface area contributed by atoms with Gasteiger partial charge in [-0.25, -0.2) is 4.79 Å². The fourth-order valence-corrected chi connectivity index (χ4v) is 4.56. The molecule has 0 spiro atoms. The predicted molar refractivity (Wildman–Crippen MR) is 137 cm³/mol. The number of rotatable bonds is 7. The second-order valence-corrected chi connectivity index (χ2v) is 9.05. The van der Waals surface area contributed by atoms with Crippen LogP contribution >= 0.6 is 11.6 Å². The number of hydrogen-bond acceptors (Lipinski definition) is 6. The first-order chi connectivity index (χ1) is 16.9. The molecule has 1 N–H and O–H groups in total. The van der Waals surface area contributed by atoms with Crippen molar-refractivity contribution < 1.29 is 19.1 Å². The third-order valence-corrected chi connectivity index (χ3v) is 6.84. The predicted octanol–water partition coefficient (Wildman–Crippen LogP) is 5.16. The number of anilines is 1. The smallest absolute Gasteiger partial charge is 0.340 e. The standard InChI is InChI=1S/C27H30ClN3O4/c1-5-23(26(32)30-22-13-16(3)19(28)14-24(22)34-4)35-27(33)25-17-9-7-8-10-20(17)29-21-11-12-31(6-2)15-18(21)25/h7-10,13-14,23H,5-6,11-12,15H2,1-4H3,(H,30,32). The van der Waals surface area contributed by atoms with Gasteiger partial charge in [-0.3, -0.25) is 14.7 Å². The maximum absolute atomic E-state index is 13.6. The summed E-state index contributed by atoms with van der Waals surface area (Å²) >= 11 is 6.18. The van der Waals surface area contributed by atoms with Crippen LogP contribution in [0.15, 0.2) is 36.4 Å². The number of esters is 1. The zero-order valence-corrected chi connectivity index (χ0v) is 21.2. The van der Waals surface area contributed by atoms with E-state index in [1.165, 1.54) is 7.11 Å². The van der Waals surface area contributed by atoms with Crippen molar-refractivity contribution in [2.45, 2.75) is 46.3 Å². The minimum absolute atomic E-state index is 0.318. The van der Waals surface area contributed by atoms with Crippen LogP contribution in [0.5, 0.6) is 5.75 Å². The molecule has 0 saturated carbocycles. The van der Waals surface area contributed by atoms with E-state index in [1.807, 2.05) is 31.2 Å². The van der Waals surface area contributed by atoms with Crippen molar-refractivity contribution in [1.29, 1.82) is 0 Å². The molecule has 184 valence electrons. The molecule has 0 radical (unpaired) electrons. The summed E-state index contributed by atoms with van der Waals surface area (Å²) in [6.07, 6.45) is 0.108. The van der Waals surface area contributed by atoms with Gasteiger partial charge >= 0.3 is 5.97 Å². The summed E-state index contributed by atoms with van der Waals surface area (Å²) < 4.78 is 11.2. The zero-order chi connectivity index (χ0) is 25.1. The van der Waals surface area contributed by atoms with Crippen molar-refractivity contribution in [2.24, 2.45) is 0 Å². The Morgan fingerprint density at radius 3 is 2.71 bits per heavy atom. The minimum atomic E-state index is -0.975. The molecular weight excluding hydrogens is 466 g/mol. The van der Waals surface area contributed by atoms with Gasteiger partial charge in [-0.15, -0.1) is 0 Å². The molecule has 4 rings (SSSR count). The summed E-state index contributed by atoms with van der Waals surface area (Å²) in [6, 6.07) is 11.0. The van der Waals surface area contributed by atoms with Crippen LogP contribution in [0.25, 0.3) is 10.9 Å². The van der Waals surface area contributed by atoms with E-state index >= 15 is 0 Å². The van der Waals surface area contributed by atoms with E-state index in [2.05, 4.69) is 17.1 Å². The Morgan fingerprint density at radius 1 is 1.23 bits per heavy atom. The lowest BCUT2D eigenvalue weighted by atomic mass is 9.95. The Balaban J connectivity index is 1.64. The molecule has 0 bridgehead atoms. The van der Waals surface area contributed by atoms with Gasteiger partial charge in [0.15, 0.2) is 6.10 Å². The van der Waals surface area contributed by atoms with Gasteiger partial charge in [-0.1, -0.05) is 43.6 Å². The van der Waals surface area contributed by atoms with Crippen LogP contribution in [0.3, 0.4) is 0 Å². The highest BCUT2D eigenvalue weighted by Crippen LogP contribution is 2.32. The molecule has 35 heavy (non-hydrogen) atoms. The molecule has 2 heterocycles. The number of hydrogen-bond donors (Lipinski definition) is 1. The summed E-state index contributed by atoms with van der Waals surface area (Å²) in [7, 11) is 1.51. The minimum Gasteiger partial charge on any atom is -0.495 e. The molecule has 1 aliphatic rings. The first kappa shape index (κ1) is 24.9. The van der Waals surface area contributed by atoms with Crippen LogP contribution < -0.4 is 10.1 Å². The summed E-state index contributed by atoms with van der Waals surface area (Å²) in [6.45, 7) is 8.14. The molecule has 7 nitrogen and oxygen atoms in total. The van der Waals surface area contributed by atoms with Gasteiger partial charge in [0.05, 0.1) is 23.9 Å². The molecule has 8 heteroatoms. The van der Waals surface area contributed by atoms with Crippen LogP contribution in [0.2, 0.25) is 5.02 Å². The molecule has 0 fully saturated rings. The van der Waals surface area contributed by atoms with E-state index < -0.39 is 18.0 Å². The molecule has 1 aromatic heterocycles. The van der Waals surface area contributed by atoms with Gasteiger partial charge in [0.2, 0.25) is 0 Å². The number of methoxy groups -OCH3 is 1. The number of nitrogens with one attached hydrogen (secondary N) is 1. The number of aryl methyl sites for hydroxylation is 1. The van der Waals surface area contributed by atoms with Gasteiger partial charge in [-0.2, -0.15) is 0 Å². The number of amides is 1. The quantitative estimate of drug-likeness (QED) is 0.456. The second kappa shape index (κ2) is 10.6. The molecule has 1 amide bonds. The summed E-state index contributed by atoms with van der Waals surface area (Å²) in [5, 5.41) is 4.10. The average molecular weight is 496 g/mol. The normalized spacial score (nSPS) is 14.3. The average Bonchev–Trinajstić information content (AvgIpc) is 2.87. The van der Waals surface area contributed by atoms with Crippen molar-refractivity contribution in [3.8, 4) is 5.75 Å². The first-order valence-electron chi connectivity index (χ1n) is 11.8. The van der Waals surface area contributed by atoms with E-state index in [0.717, 1.165) is 47.2 Å². The number of pyridine rings is 1. The number of ether oxygens (including phenoxy) is 2. The van der Waals surface area contributed by atoms with E-state index in [4.69, 9.17) is 26.1 Å². The topological polar surface area (TPSA) is 80.8 Å². The number of benzene rings is 2. The molecule has 3 aromatic rings.